The summed E-state index contributed by atoms with van der Waals surface area (Å²) in [5.41, 5.74) is 0.769. The van der Waals surface area contributed by atoms with E-state index in [1.54, 1.807) is 0 Å². The van der Waals surface area contributed by atoms with E-state index >= 15 is 0 Å². The molecule has 0 saturated carbocycles. The summed E-state index contributed by atoms with van der Waals surface area (Å²) in [5, 5.41) is 0. The third-order valence-corrected chi connectivity index (χ3v) is 2.11. The van der Waals surface area contributed by atoms with Crippen molar-refractivity contribution in [1.82, 2.24) is 0 Å². The minimum Gasteiger partial charge on any atom is -0.424 e. The van der Waals surface area contributed by atoms with Crippen molar-refractivity contribution in [2.75, 3.05) is 19.8 Å². The molecule has 88 valence electrons. The second-order valence-electron chi connectivity index (χ2n) is 3.40. The molecule has 0 spiro atoms. The average Bonchev–Trinajstić information content (AvgIpc) is 2.39. The number of rotatable bonds is 1. The molecule has 0 amide bonds. The molecule has 4 nitrogen and oxygen atoms in total. The molecule has 1 unspecified atom stereocenters. The molecule has 1 aromatic rings. The Balaban J connectivity index is 1.87. The molecule has 0 aliphatic carbocycles. The Labute approximate surface area is 99.5 Å². The molecule has 17 heavy (non-hydrogen) atoms. The molecule has 1 aromatic carbocycles. The zero-order chi connectivity index (χ0) is 11.9. The van der Waals surface area contributed by atoms with Crippen molar-refractivity contribution in [2.24, 2.45) is 0 Å². The zero-order valence-corrected chi connectivity index (χ0v) is 9.22. The van der Waals surface area contributed by atoms with Crippen LogP contribution in [0.3, 0.4) is 0 Å². The zero-order valence-electron chi connectivity index (χ0n) is 9.22. The van der Waals surface area contributed by atoms with Crippen molar-refractivity contribution >= 4 is 5.97 Å². The molecule has 1 aliphatic rings. The van der Waals surface area contributed by atoms with E-state index in [9.17, 15) is 4.79 Å². The lowest BCUT2D eigenvalue weighted by atomic mass is 10.2. The highest BCUT2D eigenvalue weighted by atomic mass is 16.7. The van der Waals surface area contributed by atoms with Gasteiger partial charge >= 0.3 is 5.97 Å². The first-order valence-electron chi connectivity index (χ1n) is 5.31. The number of carbonyl (C=O) groups excluding carboxylic acids is 1. The van der Waals surface area contributed by atoms with E-state index in [0.29, 0.717) is 13.2 Å². The summed E-state index contributed by atoms with van der Waals surface area (Å²) in [6.45, 7) is 1.23. The Morgan fingerprint density at radius 1 is 1.29 bits per heavy atom. The van der Waals surface area contributed by atoms with Gasteiger partial charge in [-0.1, -0.05) is 24.1 Å². The molecule has 1 heterocycles. The number of hydrogen-bond donors (Lipinski definition) is 0. The standard InChI is InChI=1S/C13H12O4/c14-12(17-13-10-15-8-9-16-13)7-6-11-4-2-1-3-5-11/h1-5,13H,8-10H2. The number of hydrogen-bond acceptors (Lipinski definition) is 4. The van der Waals surface area contributed by atoms with Gasteiger partial charge in [0.1, 0.15) is 6.61 Å². The van der Waals surface area contributed by atoms with E-state index in [-0.39, 0.29) is 6.61 Å². The van der Waals surface area contributed by atoms with Crippen molar-refractivity contribution < 1.29 is 19.0 Å². The van der Waals surface area contributed by atoms with E-state index in [4.69, 9.17) is 14.2 Å². The van der Waals surface area contributed by atoms with E-state index in [1.807, 2.05) is 30.3 Å². The predicted molar refractivity (Wildman–Crippen MR) is 60.0 cm³/mol. The summed E-state index contributed by atoms with van der Waals surface area (Å²) >= 11 is 0. The van der Waals surface area contributed by atoms with Gasteiger partial charge in [0.15, 0.2) is 0 Å². The molecule has 1 fully saturated rings. The van der Waals surface area contributed by atoms with Crippen molar-refractivity contribution in [3.05, 3.63) is 35.9 Å². The van der Waals surface area contributed by atoms with Gasteiger partial charge in [0.25, 0.3) is 0 Å². The Hall–Kier alpha value is -1.83. The Kier molecular flexibility index (Phi) is 4.14. The molecule has 0 N–H and O–H groups in total. The molecule has 1 atom stereocenters. The second kappa shape index (κ2) is 6.04. The van der Waals surface area contributed by atoms with E-state index in [2.05, 4.69) is 11.8 Å². The summed E-state index contributed by atoms with van der Waals surface area (Å²) in [5.74, 6) is 4.51. The number of benzene rings is 1. The van der Waals surface area contributed by atoms with Gasteiger partial charge in [-0.3, -0.25) is 0 Å². The second-order valence-corrected chi connectivity index (χ2v) is 3.40. The largest absolute Gasteiger partial charge is 0.424 e. The molecule has 2 rings (SSSR count). The summed E-state index contributed by atoms with van der Waals surface area (Å²) in [7, 11) is 0. The van der Waals surface area contributed by atoms with Gasteiger partial charge in [0.2, 0.25) is 6.29 Å². The third kappa shape index (κ3) is 3.91. The van der Waals surface area contributed by atoms with E-state index < -0.39 is 12.3 Å². The van der Waals surface area contributed by atoms with Crippen LogP contribution in [0.15, 0.2) is 30.3 Å². The molecule has 0 aromatic heterocycles. The van der Waals surface area contributed by atoms with Gasteiger partial charge in [-0.15, -0.1) is 0 Å². The first-order chi connectivity index (χ1) is 8.34. The maximum absolute atomic E-state index is 11.4. The smallest absolute Gasteiger partial charge is 0.387 e. The van der Waals surface area contributed by atoms with Gasteiger partial charge in [-0.25, -0.2) is 4.79 Å². The van der Waals surface area contributed by atoms with Gasteiger partial charge < -0.3 is 14.2 Å². The fourth-order valence-electron chi connectivity index (χ4n) is 1.33. The van der Waals surface area contributed by atoms with E-state index in [1.165, 1.54) is 0 Å². The van der Waals surface area contributed by atoms with Gasteiger partial charge in [-0.05, 0) is 12.1 Å². The monoisotopic (exact) mass is 232 g/mol. The van der Waals surface area contributed by atoms with Crippen LogP contribution in [-0.4, -0.2) is 32.1 Å². The van der Waals surface area contributed by atoms with Gasteiger partial charge in [0, 0.05) is 11.5 Å². The van der Waals surface area contributed by atoms with Gasteiger partial charge in [-0.2, -0.15) is 0 Å². The molecular weight excluding hydrogens is 220 g/mol. The third-order valence-electron chi connectivity index (χ3n) is 2.11. The van der Waals surface area contributed by atoms with E-state index in [0.717, 1.165) is 5.56 Å². The molecular formula is C13H12O4. The normalized spacial score (nSPS) is 18.9. The van der Waals surface area contributed by atoms with Crippen LogP contribution in [0.4, 0.5) is 0 Å². The fourth-order valence-corrected chi connectivity index (χ4v) is 1.33. The number of carbonyl (C=O) groups is 1. The first kappa shape index (κ1) is 11.6. The number of esters is 1. The maximum atomic E-state index is 11.4. The summed E-state index contributed by atoms with van der Waals surface area (Å²) < 4.78 is 15.2. The quantitative estimate of drug-likeness (QED) is 0.534. The highest BCUT2D eigenvalue weighted by Crippen LogP contribution is 2.02. The van der Waals surface area contributed by atoms with Crippen LogP contribution in [0.1, 0.15) is 5.56 Å². The van der Waals surface area contributed by atoms with Crippen LogP contribution in [-0.2, 0) is 19.0 Å². The Bertz CT molecular complexity index is 424. The highest BCUT2D eigenvalue weighted by molar-refractivity contribution is 5.89. The van der Waals surface area contributed by atoms with Crippen molar-refractivity contribution in [3.8, 4) is 11.8 Å². The van der Waals surface area contributed by atoms with Gasteiger partial charge in [0.05, 0.1) is 13.2 Å². The minimum absolute atomic E-state index is 0.263. The lowest BCUT2D eigenvalue weighted by molar-refractivity contribution is -0.209. The average molecular weight is 232 g/mol. The van der Waals surface area contributed by atoms with Crippen LogP contribution in [0.5, 0.6) is 0 Å². The molecule has 4 heteroatoms. The van der Waals surface area contributed by atoms with Crippen LogP contribution >= 0.6 is 0 Å². The molecule has 0 radical (unpaired) electrons. The molecule has 1 aliphatic heterocycles. The Morgan fingerprint density at radius 2 is 2.12 bits per heavy atom. The summed E-state index contributed by atoms with van der Waals surface area (Å²) in [6.07, 6.45) is -0.638. The Morgan fingerprint density at radius 3 is 2.82 bits per heavy atom. The summed E-state index contributed by atoms with van der Waals surface area (Å²) in [4.78, 5) is 11.4. The highest BCUT2D eigenvalue weighted by Gasteiger charge is 2.17. The van der Waals surface area contributed by atoms with Crippen molar-refractivity contribution in [2.45, 2.75) is 6.29 Å². The van der Waals surface area contributed by atoms with Crippen LogP contribution in [0, 0.1) is 11.8 Å². The van der Waals surface area contributed by atoms with Crippen molar-refractivity contribution in [1.29, 1.82) is 0 Å². The predicted octanol–water partition coefficient (Wildman–Crippen LogP) is 0.954. The van der Waals surface area contributed by atoms with Crippen LogP contribution in [0.25, 0.3) is 0 Å². The lowest BCUT2D eigenvalue weighted by Crippen LogP contribution is -2.32. The topological polar surface area (TPSA) is 44.8 Å². The SMILES string of the molecule is O=C(C#Cc1ccccc1)OC1COCCO1. The van der Waals surface area contributed by atoms with Crippen LogP contribution < -0.4 is 0 Å². The molecule has 0 bridgehead atoms. The molecule has 1 saturated heterocycles. The first-order valence-corrected chi connectivity index (χ1v) is 5.31. The minimum atomic E-state index is -0.638. The van der Waals surface area contributed by atoms with Crippen LogP contribution in [0.2, 0.25) is 0 Å². The summed E-state index contributed by atoms with van der Waals surface area (Å²) in [6, 6.07) is 9.23. The fraction of sp³-hybridized carbons (Fsp3) is 0.308. The number of ether oxygens (including phenoxy) is 3. The maximum Gasteiger partial charge on any atom is 0.387 e. The van der Waals surface area contributed by atoms with Crippen molar-refractivity contribution in [3.63, 3.8) is 0 Å². The lowest BCUT2D eigenvalue weighted by Gasteiger charge is -2.21.